The number of nitrogens with one attached hydrogen (secondary N) is 1. The maximum absolute atomic E-state index is 10.1. The lowest BCUT2D eigenvalue weighted by molar-refractivity contribution is 0.0274. The molecule has 0 amide bonds. The first-order chi connectivity index (χ1) is 3.81. The minimum atomic E-state index is -0.699. The predicted molar refractivity (Wildman–Crippen MR) is 27.2 cm³/mol. The van der Waals surface area contributed by atoms with Gasteiger partial charge in [0.05, 0.1) is 6.61 Å². The molecule has 0 aliphatic heterocycles. The highest BCUT2D eigenvalue weighted by molar-refractivity contribution is 5.59. The molecule has 1 N–H and O–H groups in total. The van der Waals surface area contributed by atoms with Gasteiger partial charge in [0, 0.05) is 7.05 Å². The van der Waals surface area contributed by atoms with Crippen LogP contribution in [0.5, 0.6) is 0 Å². The Bertz CT molecular complexity index is 65.7. The summed E-state index contributed by atoms with van der Waals surface area (Å²) in [7, 11) is 1.48. The van der Waals surface area contributed by atoms with Gasteiger partial charge in [-0.25, -0.2) is 4.79 Å². The van der Waals surface area contributed by atoms with Crippen molar-refractivity contribution in [1.82, 2.24) is 5.48 Å². The summed E-state index contributed by atoms with van der Waals surface area (Å²) in [5.74, 6) is 0. The third-order valence-corrected chi connectivity index (χ3v) is 0.448. The van der Waals surface area contributed by atoms with E-state index in [1.807, 2.05) is 0 Å². The third kappa shape index (κ3) is 3.42. The van der Waals surface area contributed by atoms with E-state index < -0.39 is 6.16 Å². The van der Waals surface area contributed by atoms with Gasteiger partial charge in [-0.2, -0.15) is 5.48 Å². The number of ether oxygens (including phenoxy) is 1. The molecular formula is C4H9NO3. The number of carbonyl (C=O) groups excluding carboxylic acids is 1. The van der Waals surface area contributed by atoms with Crippen LogP contribution in [0, 0.1) is 0 Å². The topological polar surface area (TPSA) is 47.6 Å². The highest BCUT2D eigenvalue weighted by Gasteiger charge is 1.96. The zero-order valence-corrected chi connectivity index (χ0v) is 4.93. The first-order valence-corrected chi connectivity index (χ1v) is 2.31. The molecule has 0 fully saturated rings. The van der Waals surface area contributed by atoms with E-state index in [1.165, 1.54) is 7.05 Å². The van der Waals surface area contributed by atoms with E-state index >= 15 is 0 Å². The summed E-state index contributed by atoms with van der Waals surface area (Å²) in [6.07, 6.45) is -0.699. The normalized spacial score (nSPS) is 8.25. The number of carbonyl (C=O) groups is 1. The number of rotatable bonds is 2. The van der Waals surface area contributed by atoms with Gasteiger partial charge in [0.15, 0.2) is 0 Å². The molecule has 0 saturated heterocycles. The second kappa shape index (κ2) is 4.39. The number of hydrogen-bond donors (Lipinski definition) is 1. The molecule has 0 saturated carbocycles. The van der Waals surface area contributed by atoms with Gasteiger partial charge in [-0.1, -0.05) is 0 Å². The first kappa shape index (κ1) is 7.23. The second-order valence-electron chi connectivity index (χ2n) is 0.989. The molecule has 0 spiro atoms. The standard InChI is InChI=1S/C4H9NO3/c1-3-7-4(6)8-5-2/h5H,3H2,1-2H3. The van der Waals surface area contributed by atoms with Gasteiger partial charge in [-0.05, 0) is 6.92 Å². The van der Waals surface area contributed by atoms with Crippen LogP contribution in [0.2, 0.25) is 0 Å². The minimum Gasteiger partial charge on any atom is -0.433 e. The lowest BCUT2D eigenvalue weighted by Gasteiger charge is -1.98. The maximum Gasteiger partial charge on any atom is 0.527 e. The Hall–Kier alpha value is -0.770. The van der Waals surface area contributed by atoms with Crippen LogP contribution in [0.4, 0.5) is 4.79 Å². The Kier molecular flexibility index (Phi) is 3.97. The summed E-state index contributed by atoms with van der Waals surface area (Å²) < 4.78 is 4.36. The first-order valence-electron chi connectivity index (χ1n) is 2.31. The van der Waals surface area contributed by atoms with Crippen LogP contribution in [0.15, 0.2) is 0 Å². The molecule has 0 aliphatic rings. The average molecular weight is 119 g/mol. The fraction of sp³-hybridized carbons (Fsp3) is 0.750. The molecule has 0 aliphatic carbocycles. The average Bonchev–Trinajstić information content (AvgIpc) is 1.68. The zero-order chi connectivity index (χ0) is 6.41. The van der Waals surface area contributed by atoms with Crippen molar-refractivity contribution >= 4 is 6.16 Å². The molecular weight excluding hydrogens is 110 g/mol. The molecule has 0 aromatic rings. The largest absolute Gasteiger partial charge is 0.527 e. The zero-order valence-electron chi connectivity index (χ0n) is 4.93. The third-order valence-electron chi connectivity index (χ3n) is 0.448. The molecule has 4 heteroatoms. The van der Waals surface area contributed by atoms with Crippen molar-refractivity contribution in [2.24, 2.45) is 0 Å². The van der Waals surface area contributed by atoms with Gasteiger partial charge in [-0.15, -0.1) is 0 Å². The summed E-state index contributed by atoms with van der Waals surface area (Å²) in [6, 6.07) is 0. The van der Waals surface area contributed by atoms with Gasteiger partial charge < -0.3 is 9.57 Å². The van der Waals surface area contributed by atoms with Gasteiger partial charge in [0.1, 0.15) is 0 Å². The van der Waals surface area contributed by atoms with Crippen LogP contribution < -0.4 is 5.48 Å². The quantitative estimate of drug-likeness (QED) is 0.419. The Balaban J connectivity index is 3.06. The van der Waals surface area contributed by atoms with E-state index in [4.69, 9.17) is 0 Å². The van der Waals surface area contributed by atoms with Crippen LogP contribution in [-0.4, -0.2) is 19.8 Å². The summed E-state index contributed by atoms with van der Waals surface area (Å²) in [5.41, 5.74) is 2.18. The Morgan fingerprint density at radius 1 is 1.75 bits per heavy atom. The van der Waals surface area contributed by atoms with Gasteiger partial charge >= 0.3 is 6.16 Å². The van der Waals surface area contributed by atoms with Crippen molar-refractivity contribution in [3.63, 3.8) is 0 Å². The van der Waals surface area contributed by atoms with Crippen LogP contribution in [0.25, 0.3) is 0 Å². The molecule has 0 rings (SSSR count). The molecule has 0 atom stereocenters. The fourth-order valence-corrected chi connectivity index (χ4v) is 0.231. The molecule has 0 heterocycles. The van der Waals surface area contributed by atoms with Crippen LogP contribution in [0.1, 0.15) is 6.92 Å². The summed E-state index contributed by atoms with van der Waals surface area (Å²) >= 11 is 0. The predicted octanol–water partition coefficient (Wildman–Crippen LogP) is 0.294. The Morgan fingerprint density at radius 2 is 2.38 bits per heavy atom. The molecule has 0 bridgehead atoms. The highest BCUT2D eigenvalue weighted by atomic mass is 16.8. The molecule has 0 radical (unpaired) electrons. The van der Waals surface area contributed by atoms with Gasteiger partial charge in [-0.3, -0.25) is 0 Å². The summed E-state index contributed by atoms with van der Waals surface area (Å²) in [6.45, 7) is 2.04. The smallest absolute Gasteiger partial charge is 0.433 e. The van der Waals surface area contributed by atoms with Crippen molar-refractivity contribution in [2.75, 3.05) is 13.7 Å². The van der Waals surface area contributed by atoms with Crippen molar-refractivity contribution in [3.8, 4) is 0 Å². The Labute approximate surface area is 47.7 Å². The maximum atomic E-state index is 10.1. The lowest BCUT2D eigenvalue weighted by Crippen LogP contribution is -2.15. The van der Waals surface area contributed by atoms with E-state index in [-0.39, 0.29) is 0 Å². The monoisotopic (exact) mass is 119 g/mol. The highest BCUT2D eigenvalue weighted by Crippen LogP contribution is 1.77. The molecule has 0 aromatic carbocycles. The fourth-order valence-electron chi connectivity index (χ4n) is 0.231. The second-order valence-corrected chi connectivity index (χ2v) is 0.989. The summed E-state index contributed by atoms with van der Waals surface area (Å²) in [5, 5.41) is 0. The summed E-state index contributed by atoms with van der Waals surface area (Å²) in [4.78, 5) is 14.3. The van der Waals surface area contributed by atoms with Crippen molar-refractivity contribution in [3.05, 3.63) is 0 Å². The van der Waals surface area contributed by atoms with E-state index in [9.17, 15) is 4.79 Å². The van der Waals surface area contributed by atoms with E-state index in [1.54, 1.807) is 6.92 Å². The molecule has 0 unspecified atom stereocenters. The SMILES string of the molecule is CCOC(=O)ONC. The van der Waals surface area contributed by atoms with Crippen LogP contribution >= 0.6 is 0 Å². The lowest BCUT2D eigenvalue weighted by atomic mass is 10.9. The molecule has 8 heavy (non-hydrogen) atoms. The molecule has 4 nitrogen and oxygen atoms in total. The van der Waals surface area contributed by atoms with Gasteiger partial charge in [0.2, 0.25) is 0 Å². The number of hydrogen-bond acceptors (Lipinski definition) is 4. The minimum absolute atomic E-state index is 0.334. The molecule has 0 aromatic heterocycles. The Morgan fingerprint density at radius 3 is 2.75 bits per heavy atom. The van der Waals surface area contributed by atoms with Crippen molar-refractivity contribution < 1.29 is 14.4 Å². The van der Waals surface area contributed by atoms with Crippen molar-refractivity contribution in [2.45, 2.75) is 6.92 Å². The van der Waals surface area contributed by atoms with Crippen molar-refractivity contribution in [1.29, 1.82) is 0 Å². The van der Waals surface area contributed by atoms with Crippen LogP contribution in [0.3, 0.4) is 0 Å². The van der Waals surface area contributed by atoms with E-state index in [0.717, 1.165) is 0 Å². The van der Waals surface area contributed by atoms with E-state index in [0.29, 0.717) is 6.61 Å². The van der Waals surface area contributed by atoms with E-state index in [2.05, 4.69) is 15.1 Å². The van der Waals surface area contributed by atoms with Gasteiger partial charge in [0.25, 0.3) is 0 Å². The molecule has 48 valence electrons. The van der Waals surface area contributed by atoms with Crippen LogP contribution in [-0.2, 0) is 9.57 Å². The number of hydroxylamine groups is 1.